The quantitative estimate of drug-likeness (QED) is 0.483. The standard InChI is InChI=1S/C17H28Cl2N4O/c1-5-20-17(21-6-7-23(4)12(2)3)22-11-16(24)13-8-14(18)10-15(19)9-13/h8-10,12,16,24H,5-7,11H2,1-4H3,(H2,20,21,22). The van der Waals surface area contributed by atoms with Crippen molar-refractivity contribution in [1.82, 2.24) is 15.5 Å². The molecule has 0 amide bonds. The first-order chi connectivity index (χ1) is 11.3. The largest absolute Gasteiger partial charge is 0.386 e. The van der Waals surface area contributed by atoms with Gasteiger partial charge in [-0.1, -0.05) is 23.2 Å². The van der Waals surface area contributed by atoms with Crippen molar-refractivity contribution in [1.29, 1.82) is 0 Å². The van der Waals surface area contributed by atoms with Crippen LogP contribution in [0.4, 0.5) is 0 Å². The Hall–Kier alpha value is -1.01. The average molecular weight is 375 g/mol. The van der Waals surface area contributed by atoms with Gasteiger partial charge in [0.15, 0.2) is 5.96 Å². The van der Waals surface area contributed by atoms with Gasteiger partial charge in [0.1, 0.15) is 0 Å². The molecule has 3 N–H and O–H groups in total. The maximum atomic E-state index is 10.3. The molecular formula is C17H28Cl2N4O. The number of aliphatic imine (C=N–C) groups is 1. The number of nitrogens with zero attached hydrogens (tertiary/aromatic N) is 2. The summed E-state index contributed by atoms with van der Waals surface area (Å²) in [7, 11) is 2.09. The zero-order chi connectivity index (χ0) is 18.1. The van der Waals surface area contributed by atoms with E-state index in [9.17, 15) is 5.11 Å². The molecular weight excluding hydrogens is 347 g/mol. The minimum atomic E-state index is -0.755. The maximum Gasteiger partial charge on any atom is 0.191 e. The lowest BCUT2D eigenvalue weighted by molar-refractivity contribution is 0.187. The molecule has 1 atom stereocenters. The summed E-state index contributed by atoms with van der Waals surface area (Å²) in [6.07, 6.45) is -0.755. The zero-order valence-electron chi connectivity index (χ0n) is 14.8. The summed E-state index contributed by atoms with van der Waals surface area (Å²) >= 11 is 11.9. The second kappa shape index (κ2) is 10.8. The van der Waals surface area contributed by atoms with E-state index in [1.807, 2.05) is 6.92 Å². The Morgan fingerprint density at radius 2 is 1.83 bits per heavy atom. The van der Waals surface area contributed by atoms with Crippen LogP contribution in [-0.2, 0) is 0 Å². The summed E-state index contributed by atoms with van der Waals surface area (Å²) in [5, 5.41) is 17.7. The van der Waals surface area contributed by atoms with Gasteiger partial charge in [-0.25, -0.2) is 0 Å². The lowest BCUT2D eigenvalue weighted by atomic mass is 10.1. The van der Waals surface area contributed by atoms with Gasteiger partial charge in [0, 0.05) is 35.7 Å². The third kappa shape index (κ3) is 7.71. The molecule has 0 bridgehead atoms. The fourth-order valence-corrected chi connectivity index (χ4v) is 2.54. The van der Waals surface area contributed by atoms with Crippen molar-refractivity contribution < 1.29 is 5.11 Å². The second-order valence-corrected chi connectivity index (χ2v) is 6.81. The molecule has 0 aliphatic rings. The SMILES string of the molecule is CCNC(=NCC(O)c1cc(Cl)cc(Cl)c1)NCCN(C)C(C)C. The van der Waals surface area contributed by atoms with E-state index in [1.54, 1.807) is 18.2 Å². The number of guanidine groups is 1. The van der Waals surface area contributed by atoms with Gasteiger partial charge in [0.2, 0.25) is 0 Å². The van der Waals surface area contributed by atoms with E-state index >= 15 is 0 Å². The molecule has 0 aromatic heterocycles. The molecule has 1 unspecified atom stereocenters. The summed E-state index contributed by atoms with van der Waals surface area (Å²) in [5.74, 6) is 0.682. The van der Waals surface area contributed by atoms with Crippen LogP contribution < -0.4 is 10.6 Å². The van der Waals surface area contributed by atoms with Crippen molar-refractivity contribution in [2.75, 3.05) is 33.2 Å². The summed E-state index contributed by atoms with van der Waals surface area (Å²) in [6.45, 7) is 8.99. The van der Waals surface area contributed by atoms with Crippen LogP contribution in [0.3, 0.4) is 0 Å². The molecule has 7 heteroatoms. The minimum absolute atomic E-state index is 0.228. The molecule has 1 aromatic rings. The highest BCUT2D eigenvalue weighted by Crippen LogP contribution is 2.23. The predicted octanol–water partition coefficient (Wildman–Crippen LogP) is 2.92. The van der Waals surface area contributed by atoms with Gasteiger partial charge < -0.3 is 20.6 Å². The highest BCUT2D eigenvalue weighted by molar-refractivity contribution is 6.34. The third-order valence-electron chi connectivity index (χ3n) is 3.67. The van der Waals surface area contributed by atoms with Gasteiger partial charge in [-0.3, -0.25) is 4.99 Å². The zero-order valence-corrected chi connectivity index (χ0v) is 16.3. The van der Waals surface area contributed by atoms with E-state index in [-0.39, 0.29) is 6.54 Å². The lowest BCUT2D eigenvalue weighted by Crippen LogP contribution is -2.42. The Kier molecular flexibility index (Phi) is 9.44. The van der Waals surface area contributed by atoms with Gasteiger partial charge in [0.25, 0.3) is 0 Å². The van der Waals surface area contributed by atoms with E-state index < -0.39 is 6.10 Å². The van der Waals surface area contributed by atoms with Crippen LogP contribution in [0, 0.1) is 0 Å². The van der Waals surface area contributed by atoms with Gasteiger partial charge in [-0.2, -0.15) is 0 Å². The molecule has 136 valence electrons. The van der Waals surface area contributed by atoms with E-state index in [0.29, 0.717) is 27.6 Å². The van der Waals surface area contributed by atoms with Crippen molar-refractivity contribution in [3.8, 4) is 0 Å². The molecule has 24 heavy (non-hydrogen) atoms. The first kappa shape index (κ1) is 21.0. The van der Waals surface area contributed by atoms with Gasteiger partial charge >= 0.3 is 0 Å². The van der Waals surface area contributed by atoms with Crippen molar-refractivity contribution >= 4 is 29.2 Å². The number of aliphatic hydroxyl groups excluding tert-OH is 1. The topological polar surface area (TPSA) is 59.9 Å². The van der Waals surface area contributed by atoms with Crippen LogP contribution in [0.2, 0.25) is 10.0 Å². The molecule has 0 aliphatic carbocycles. The monoisotopic (exact) mass is 374 g/mol. The van der Waals surface area contributed by atoms with E-state index in [1.165, 1.54) is 0 Å². The maximum absolute atomic E-state index is 10.3. The highest BCUT2D eigenvalue weighted by atomic mass is 35.5. The molecule has 0 radical (unpaired) electrons. The molecule has 0 saturated carbocycles. The third-order valence-corrected chi connectivity index (χ3v) is 4.11. The Morgan fingerprint density at radius 1 is 1.21 bits per heavy atom. The molecule has 0 fully saturated rings. The summed E-state index contributed by atoms with van der Waals surface area (Å²) in [4.78, 5) is 6.68. The Bertz CT molecular complexity index is 517. The van der Waals surface area contributed by atoms with Gasteiger partial charge in [-0.15, -0.1) is 0 Å². The molecule has 5 nitrogen and oxygen atoms in total. The first-order valence-electron chi connectivity index (χ1n) is 8.20. The van der Waals surface area contributed by atoms with Crippen molar-refractivity contribution in [2.45, 2.75) is 32.9 Å². The number of rotatable bonds is 8. The van der Waals surface area contributed by atoms with Crippen molar-refractivity contribution in [3.63, 3.8) is 0 Å². The fraction of sp³-hybridized carbons (Fsp3) is 0.588. The number of likely N-dealkylation sites (N-methyl/N-ethyl adjacent to an activating group) is 1. The van der Waals surface area contributed by atoms with Gasteiger partial charge in [0.05, 0.1) is 12.6 Å². The van der Waals surface area contributed by atoms with Crippen LogP contribution in [0.1, 0.15) is 32.4 Å². The Labute approximate surface area is 155 Å². The number of hydrogen-bond acceptors (Lipinski definition) is 3. The number of hydrogen-bond donors (Lipinski definition) is 3. The van der Waals surface area contributed by atoms with Crippen LogP contribution in [-0.4, -0.2) is 55.2 Å². The molecule has 0 spiro atoms. The number of aliphatic hydroxyl groups is 1. The number of halogens is 2. The van der Waals surface area contributed by atoms with Crippen molar-refractivity contribution in [3.05, 3.63) is 33.8 Å². The Morgan fingerprint density at radius 3 is 2.38 bits per heavy atom. The van der Waals surface area contributed by atoms with E-state index in [2.05, 4.69) is 41.4 Å². The summed E-state index contributed by atoms with van der Waals surface area (Å²) in [6, 6.07) is 5.54. The molecule has 0 aliphatic heterocycles. The smallest absolute Gasteiger partial charge is 0.191 e. The average Bonchev–Trinajstić information content (AvgIpc) is 2.51. The number of nitrogens with one attached hydrogen (secondary N) is 2. The fourth-order valence-electron chi connectivity index (χ4n) is 2.00. The minimum Gasteiger partial charge on any atom is -0.386 e. The van der Waals surface area contributed by atoms with E-state index in [4.69, 9.17) is 23.2 Å². The summed E-state index contributed by atoms with van der Waals surface area (Å²) < 4.78 is 0. The Balaban J connectivity index is 2.60. The first-order valence-corrected chi connectivity index (χ1v) is 8.95. The van der Waals surface area contributed by atoms with Crippen LogP contribution in [0.25, 0.3) is 0 Å². The molecule has 0 heterocycles. The molecule has 1 aromatic carbocycles. The predicted molar refractivity (Wildman–Crippen MR) is 103 cm³/mol. The lowest BCUT2D eigenvalue weighted by Gasteiger charge is -2.21. The highest BCUT2D eigenvalue weighted by Gasteiger charge is 2.10. The van der Waals surface area contributed by atoms with Gasteiger partial charge in [-0.05, 0) is 51.6 Å². The number of benzene rings is 1. The molecule has 0 saturated heterocycles. The van der Waals surface area contributed by atoms with Crippen LogP contribution in [0.15, 0.2) is 23.2 Å². The second-order valence-electron chi connectivity index (χ2n) is 5.94. The summed E-state index contributed by atoms with van der Waals surface area (Å²) in [5.41, 5.74) is 0.659. The normalized spacial score (nSPS) is 13.5. The van der Waals surface area contributed by atoms with E-state index in [0.717, 1.165) is 19.6 Å². The molecule has 1 rings (SSSR count). The van der Waals surface area contributed by atoms with Crippen LogP contribution >= 0.6 is 23.2 Å². The van der Waals surface area contributed by atoms with Crippen molar-refractivity contribution in [2.24, 2.45) is 4.99 Å². The van der Waals surface area contributed by atoms with Crippen LogP contribution in [0.5, 0.6) is 0 Å².